The van der Waals surface area contributed by atoms with Gasteiger partial charge in [0.15, 0.2) is 6.04 Å². The smallest absolute Gasteiger partial charge is 0.293 e. The number of fused-ring (bicyclic) bond motifs is 13. The number of benzene rings is 4. The second kappa shape index (κ2) is 7.27. The van der Waals surface area contributed by atoms with Crippen molar-refractivity contribution in [2.45, 2.75) is 50.2 Å². The van der Waals surface area contributed by atoms with Crippen LogP contribution in [0.25, 0.3) is 21.5 Å². The number of nitrogens with zero attached hydrogens (tertiary/aromatic N) is 2. The zero-order valence-electron chi connectivity index (χ0n) is 21.2. The Hall–Kier alpha value is -3.54. The summed E-state index contributed by atoms with van der Waals surface area (Å²) in [6.07, 6.45) is 2.53. The number of methoxy groups -OCH3 is 1. The van der Waals surface area contributed by atoms with Crippen LogP contribution in [0.1, 0.15) is 47.9 Å². The van der Waals surface area contributed by atoms with Gasteiger partial charge in [-0.25, -0.2) is 4.58 Å². The summed E-state index contributed by atoms with van der Waals surface area (Å²) < 4.78 is 14.4. The monoisotopic (exact) mass is 489 g/mol. The van der Waals surface area contributed by atoms with E-state index in [4.69, 9.17) is 14.5 Å². The number of rotatable bonds is 3. The number of ether oxygens (including phenoxy) is 2. The maximum atomic E-state index is 11.7. The van der Waals surface area contributed by atoms with Gasteiger partial charge >= 0.3 is 0 Å². The Bertz CT molecular complexity index is 1700. The maximum absolute atomic E-state index is 11.7. The molecule has 4 aliphatic rings. The van der Waals surface area contributed by atoms with E-state index < -0.39 is 5.79 Å². The zero-order chi connectivity index (χ0) is 25.1. The van der Waals surface area contributed by atoms with E-state index in [1.807, 2.05) is 6.34 Å². The molecular weight excluding hydrogens is 460 g/mol. The van der Waals surface area contributed by atoms with Gasteiger partial charge in [-0.3, -0.25) is 0 Å². The summed E-state index contributed by atoms with van der Waals surface area (Å²) in [6.45, 7) is 4.54. The first-order chi connectivity index (χ1) is 18.0. The molecule has 37 heavy (non-hydrogen) atoms. The summed E-state index contributed by atoms with van der Waals surface area (Å²) in [5.74, 6) is -0.0634. The SMILES string of the molecule is COC1(O)C2c3c(cc(CC(C)C)c4ccccc34)C3=[N+](C=NC4Oc5ccc6ccccc6c5C34)C21. The lowest BCUT2D eigenvalue weighted by atomic mass is 9.79. The Morgan fingerprint density at radius 1 is 1.00 bits per heavy atom. The summed E-state index contributed by atoms with van der Waals surface area (Å²) in [7, 11) is 1.61. The third-order valence-corrected chi connectivity index (χ3v) is 8.78. The van der Waals surface area contributed by atoms with Crippen LogP contribution in [-0.2, 0) is 11.2 Å². The van der Waals surface area contributed by atoms with Crippen LogP contribution in [0.3, 0.4) is 0 Å². The Morgan fingerprint density at radius 2 is 1.76 bits per heavy atom. The van der Waals surface area contributed by atoms with Crippen molar-refractivity contribution in [2.75, 3.05) is 7.11 Å². The minimum Gasteiger partial charge on any atom is -0.447 e. The molecule has 1 aliphatic carbocycles. The molecular formula is C32H29N2O3+. The molecule has 1 N–H and O–H groups in total. The molecule has 3 aliphatic heterocycles. The highest BCUT2D eigenvalue weighted by Crippen LogP contribution is 2.61. The van der Waals surface area contributed by atoms with Gasteiger partial charge in [-0.2, -0.15) is 0 Å². The molecule has 0 aromatic heterocycles. The van der Waals surface area contributed by atoms with Crippen molar-refractivity contribution in [3.63, 3.8) is 0 Å². The molecule has 3 heterocycles. The van der Waals surface area contributed by atoms with Crippen molar-refractivity contribution in [1.29, 1.82) is 0 Å². The second-order valence-corrected chi connectivity index (χ2v) is 11.3. The second-order valence-electron chi connectivity index (χ2n) is 11.3. The fraction of sp³-hybridized carbons (Fsp3) is 0.312. The number of aliphatic imine (C=N–C) groups is 1. The minimum atomic E-state index is -1.27. The fourth-order valence-electron chi connectivity index (χ4n) is 7.25. The molecule has 1 fully saturated rings. The molecule has 4 aromatic carbocycles. The van der Waals surface area contributed by atoms with Gasteiger partial charge in [-0.1, -0.05) is 68.4 Å². The van der Waals surface area contributed by atoms with Crippen LogP contribution in [0.5, 0.6) is 5.75 Å². The van der Waals surface area contributed by atoms with E-state index >= 15 is 0 Å². The quantitative estimate of drug-likeness (QED) is 0.312. The summed E-state index contributed by atoms with van der Waals surface area (Å²) in [6, 6.07) is 23.5. The molecule has 5 nitrogen and oxygen atoms in total. The Kier molecular flexibility index (Phi) is 4.23. The lowest BCUT2D eigenvalue weighted by Crippen LogP contribution is -2.41. The van der Waals surface area contributed by atoms with Crippen LogP contribution in [0.2, 0.25) is 0 Å². The van der Waals surface area contributed by atoms with Crippen LogP contribution >= 0.6 is 0 Å². The highest BCUT2D eigenvalue weighted by atomic mass is 16.6. The predicted octanol–water partition coefficient (Wildman–Crippen LogP) is 5.35. The van der Waals surface area contributed by atoms with Gasteiger partial charge in [0.25, 0.3) is 12.6 Å². The topological polar surface area (TPSA) is 54.1 Å². The first-order valence-electron chi connectivity index (χ1n) is 13.2. The molecule has 5 atom stereocenters. The highest BCUT2D eigenvalue weighted by Gasteiger charge is 2.75. The predicted molar refractivity (Wildman–Crippen MR) is 145 cm³/mol. The van der Waals surface area contributed by atoms with Gasteiger partial charge in [0, 0.05) is 18.2 Å². The van der Waals surface area contributed by atoms with Gasteiger partial charge in [0.05, 0.1) is 5.92 Å². The average molecular weight is 490 g/mol. The number of aliphatic hydroxyl groups is 1. The summed E-state index contributed by atoms with van der Waals surface area (Å²) in [5.41, 5.74) is 6.06. The average Bonchev–Trinajstić information content (AvgIpc) is 3.34. The number of hydrogen-bond acceptors (Lipinski definition) is 4. The Morgan fingerprint density at radius 3 is 2.54 bits per heavy atom. The van der Waals surface area contributed by atoms with E-state index in [1.165, 1.54) is 43.8 Å². The van der Waals surface area contributed by atoms with Crippen LogP contribution in [0.4, 0.5) is 0 Å². The van der Waals surface area contributed by atoms with Gasteiger partial charge < -0.3 is 14.6 Å². The van der Waals surface area contributed by atoms with Crippen molar-refractivity contribution < 1.29 is 19.2 Å². The third kappa shape index (κ3) is 2.71. The standard InChI is InChI=1S/C32H29N2O3/c1-17(2)14-19-15-23-25(22-11-7-6-9-20(19)22)28-30(32(28,35)36-3)34-16-33-31-27(29(23)34)26-21-10-5-4-8-18(21)12-13-24(26)37-31/h4-13,15-17,27-28,30-31,35H,14H2,1-3H3/q+1. The molecule has 184 valence electrons. The van der Waals surface area contributed by atoms with Crippen LogP contribution in [0.15, 0.2) is 71.7 Å². The van der Waals surface area contributed by atoms with E-state index in [0.29, 0.717) is 5.92 Å². The van der Waals surface area contributed by atoms with Crippen molar-refractivity contribution in [3.8, 4) is 5.75 Å². The van der Waals surface area contributed by atoms with Gasteiger partial charge in [0.2, 0.25) is 5.79 Å². The van der Waals surface area contributed by atoms with E-state index in [-0.39, 0.29) is 24.1 Å². The summed E-state index contributed by atoms with van der Waals surface area (Å²) in [4.78, 5) is 4.87. The molecule has 5 unspecified atom stereocenters. The molecule has 8 rings (SSSR count). The molecule has 0 spiro atoms. The first-order valence-corrected chi connectivity index (χ1v) is 13.2. The van der Waals surface area contributed by atoms with Crippen LogP contribution in [0, 0.1) is 5.92 Å². The minimum absolute atomic E-state index is 0.0689. The first kappa shape index (κ1) is 21.5. The zero-order valence-corrected chi connectivity index (χ0v) is 21.2. The van der Waals surface area contributed by atoms with E-state index in [0.717, 1.165) is 17.9 Å². The van der Waals surface area contributed by atoms with Gasteiger partial charge in [0.1, 0.15) is 17.4 Å². The Balaban J connectivity index is 1.46. The molecule has 1 saturated carbocycles. The van der Waals surface area contributed by atoms with Crippen LogP contribution in [-0.4, -0.2) is 46.9 Å². The summed E-state index contributed by atoms with van der Waals surface area (Å²) in [5, 5.41) is 16.6. The van der Waals surface area contributed by atoms with Gasteiger partial charge in [-0.05, 0) is 62.1 Å². The largest absolute Gasteiger partial charge is 0.447 e. The van der Waals surface area contributed by atoms with Crippen molar-refractivity contribution in [1.82, 2.24) is 0 Å². The molecule has 5 heteroatoms. The van der Waals surface area contributed by atoms with E-state index in [9.17, 15) is 5.11 Å². The van der Waals surface area contributed by atoms with Crippen LogP contribution < -0.4 is 4.74 Å². The lowest BCUT2D eigenvalue weighted by molar-refractivity contribution is -0.444. The molecule has 0 saturated heterocycles. The normalized spacial score (nSPS) is 28.6. The number of hydrogen-bond donors (Lipinski definition) is 1. The molecule has 0 amide bonds. The fourth-order valence-corrected chi connectivity index (χ4v) is 7.25. The highest BCUT2D eigenvalue weighted by molar-refractivity contribution is 6.13. The van der Waals surface area contributed by atoms with E-state index in [2.05, 4.69) is 85.2 Å². The van der Waals surface area contributed by atoms with Crippen molar-refractivity contribution in [2.24, 2.45) is 10.9 Å². The van der Waals surface area contributed by atoms with Crippen molar-refractivity contribution in [3.05, 3.63) is 89.0 Å². The molecule has 0 radical (unpaired) electrons. The summed E-state index contributed by atoms with van der Waals surface area (Å²) >= 11 is 0. The lowest BCUT2D eigenvalue weighted by Gasteiger charge is -2.27. The maximum Gasteiger partial charge on any atom is 0.293 e. The molecule has 4 aromatic rings. The van der Waals surface area contributed by atoms with Gasteiger partial charge in [-0.15, -0.1) is 0 Å². The molecule has 0 bridgehead atoms. The third-order valence-electron chi connectivity index (χ3n) is 8.78. The van der Waals surface area contributed by atoms with Crippen molar-refractivity contribution >= 4 is 33.6 Å². The van der Waals surface area contributed by atoms with E-state index in [1.54, 1.807) is 7.11 Å². The Labute approximate surface area is 215 Å².